The van der Waals surface area contributed by atoms with Gasteiger partial charge in [0.05, 0.1) is 0 Å². The molecule has 0 saturated heterocycles. The number of hydrogen-bond acceptors (Lipinski definition) is 2. The Morgan fingerprint density at radius 3 is 2.56 bits per heavy atom. The Kier molecular flexibility index (Phi) is 5.82. The molecule has 3 nitrogen and oxygen atoms in total. The second kappa shape index (κ2) is 6.90. The lowest BCUT2D eigenvalue weighted by atomic mass is 9.99. The second-order valence-electron chi connectivity index (χ2n) is 4.92. The van der Waals surface area contributed by atoms with E-state index in [-0.39, 0.29) is 11.8 Å². The average Bonchev–Trinajstić information content (AvgIpc) is 2.28. The zero-order valence-electron chi connectivity index (χ0n) is 11.0. The highest BCUT2D eigenvalue weighted by atomic mass is 79.9. The lowest BCUT2D eigenvalue weighted by molar-refractivity contribution is -0.140. The fraction of sp³-hybridized carbons (Fsp3) is 0.500. The number of aliphatic carboxylic acids is 1. The van der Waals surface area contributed by atoms with Gasteiger partial charge in [-0.2, -0.15) is 0 Å². The number of benzene rings is 1. The molecule has 0 aliphatic carbocycles. The van der Waals surface area contributed by atoms with Crippen LogP contribution in [0, 0.1) is 5.92 Å². The molecule has 0 saturated carbocycles. The van der Waals surface area contributed by atoms with Crippen molar-refractivity contribution in [3.05, 3.63) is 34.3 Å². The molecule has 18 heavy (non-hydrogen) atoms. The van der Waals surface area contributed by atoms with Crippen LogP contribution in [0.15, 0.2) is 28.7 Å². The number of carboxylic acids is 1. The molecular weight excluding hydrogens is 294 g/mol. The van der Waals surface area contributed by atoms with Gasteiger partial charge in [-0.1, -0.05) is 48.8 Å². The quantitative estimate of drug-likeness (QED) is 0.847. The van der Waals surface area contributed by atoms with Crippen LogP contribution in [0.3, 0.4) is 0 Å². The molecule has 0 aromatic heterocycles. The van der Waals surface area contributed by atoms with Gasteiger partial charge in [0.25, 0.3) is 0 Å². The molecule has 0 spiro atoms. The molecule has 0 heterocycles. The first-order valence-electron chi connectivity index (χ1n) is 6.13. The summed E-state index contributed by atoms with van der Waals surface area (Å²) in [5.74, 6) is -0.424. The van der Waals surface area contributed by atoms with Crippen molar-refractivity contribution in [3.8, 4) is 0 Å². The monoisotopic (exact) mass is 313 g/mol. The van der Waals surface area contributed by atoms with Gasteiger partial charge >= 0.3 is 5.97 Å². The van der Waals surface area contributed by atoms with Crippen molar-refractivity contribution in [1.29, 1.82) is 0 Å². The lowest BCUT2D eigenvalue weighted by Gasteiger charge is -2.21. The Morgan fingerprint density at radius 1 is 1.39 bits per heavy atom. The number of hydrogen-bond donors (Lipinski definition) is 2. The molecule has 1 unspecified atom stereocenters. The van der Waals surface area contributed by atoms with E-state index in [1.54, 1.807) is 0 Å². The number of nitrogens with one attached hydrogen (secondary N) is 1. The third kappa shape index (κ3) is 4.42. The van der Waals surface area contributed by atoms with E-state index in [1.165, 1.54) is 5.56 Å². The predicted octanol–water partition coefficient (Wildman–Crippen LogP) is 3.25. The van der Waals surface area contributed by atoms with Crippen molar-refractivity contribution in [2.24, 2.45) is 5.92 Å². The zero-order valence-corrected chi connectivity index (χ0v) is 12.6. The standard InChI is InChI=1S/C14H20BrNO2/c1-9(2)13(14(17)18)16-8-10(3)11-5-4-6-12(15)7-11/h4-7,9-10,13,16H,8H2,1-3H3,(H,17,18)/t10?,13-/m1/s1. The van der Waals surface area contributed by atoms with Crippen molar-refractivity contribution < 1.29 is 9.90 Å². The van der Waals surface area contributed by atoms with Gasteiger partial charge in [0.15, 0.2) is 0 Å². The van der Waals surface area contributed by atoms with Crippen LogP contribution in [0.2, 0.25) is 0 Å². The number of carboxylic acid groups (broad SMARTS) is 1. The van der Waals surface area contributed by atoms with Crippen LogP contribution < -0.4 is 5.32 Å². The van der Waals surface area contributed by atoms with Crippen LogP contribution in [-0.4, -0.2) is 23.7 Å². The fourth-order valence-electron chi connectivity index (χ4n) is 1.84. The minimum absolute atomic E-state index is 0.0807. The number of halogens is 1. The van der Waals surface area contributed by atoms with E-state index >= 15 is 0 Å². The van der Waals surface area contributed by atoms with E-state index in [9.17, 15) is 4.79 Å². The average molecular weight is 314 g/mol. The Hall–Kier alpha value is -0.870. The van der Waals surface area contributed by atoms with Crippen molar-refractivity contribution in [3.63, 3.8) is 0 Å². The van der Waals surface area contributed by atoms with Crippen molar-refractivity contribution in [2.75, 3.05) is 6.54 Å². The number of rotatable bonds is 6. The number of carbonyl (C=O) groups is 1. The molecule has 2 N–H and O–H groups in total. The first-order chi connectivity index (χ1) is 8.41. The van der Waals surface area contributed by atoms with Gasteiger partial charge in [-0.3, -0.25) is 4.79 Å². The molecule has 0 radical (unpaired) electrons. The van der Waals surface area contributed by atoms with Gasteiger partial charge in [-0.25, -0.2) is 0 Å². The second-order valence-corrected chi connectivity index (χ2v) is 5.84. The highest BCUT2D eigenvalue weighted by Crippen LogP contribution is 2.19. The Labute approximate surface area is 117 Å². The third-order valence-corrected chi connectivity index (χ3v) is 3.49. The van der Waals surface area contributed by atoms with Gasteiger partial charge in [-0.15, -0.1) is 0 Å². The molecule has 0 amide bonds. The molecular formula is C14H20BrNO2. The SMILES string of the molecule is CC(CN[C@@H](C(=O)O)C(C)C)c1cccc(Br)c1. The molecule has 0 fully saturated rings. The normalized spacial score (nSPS) is 14.5. The highest BCUT2D eigenvalue weighted by molar-refractivity contribution is 9.10. The van der Waals surface area contributed by atoms with Gasteiger partial charge in [0.1, 0.15) is 6.04 Å². The topological polar surface area (TPSA) is 49.3 Å². The molecule has 1 aromatic rings. The summed E-state index contributed by atoms with van der Waals surface area (Å²) in [5.41, 5.74) is 1.20. The molecule has 0 aliphatic rings. The van der Waals surface area contributed by atoms with Crippen molar-refractivity contribution in [1.82, 2.24) is 5.32 Å². The summed E-state index contributed by atoms with van der Waals surface area (Å²) in [7, 11) is 0. The van der Waals surface area contributed by atoms with Crippen LogP contribution in [0.5, 0.6) is 0 Å². The van der Waals surface area contributed by atoms with Crippen LogP contribution in [-0.2, 0) is 4.79 Å². The molecule has 0 bridgehead atoms. The molecule has 0 aliphatic heterocycles. The summed E-state index contributed by atoms with van der Waals surface area (Å²) in [5, 5.41) is 12.2. The summed E-state index contributed by atoms with van der Waals surface area (Å²) in [6.07, 6.45) is 0. The van der Waals surface area contributed by atoms with Gasteiger partial charge in [0, 0.05) is 11.0 Å². The van der Waals surface area contributed by atoms with E-state index in [4.69, 9.17) is 5.11 Å². The summed E-state index contributed by atoms with van der Waals surface area (Å²) in [4.78, 5) is 11.1. The zero-order chi connectivity index (χ0) is 13.7. The molecule has 4 heteroatoms. The maximum Gasteiger partial charge on any atom is 0.320 e. The maximum atomic E-state index is 11.1. The summed E-state index contributed by atoms with van der Waals surface area (Å²) in [6, 6.07) is 7.62. The predicted molar refractivity (Wildman–Crippen MR) is 76.8 cm³/mol. The van der Waals surface area contributed by atoms with Crippen LogP contribution in [0.4, 0.5) is 0 Å². The lowest BCUT2D eigenvalue weighted by Crippen LogP contribution is -2.42. The highest BCUT2D eigenvalue weighted by Gasteiger charge is 2.21. The smallest absolute Gasteiger partial charge is 0.320 e. The van der Waals surface area contributed by atoms with Gasteiger partial charge in [0.2, 0.25) is 0 Å². The van der Waals surface area contributed by atoms with E-state index < -0.39 is 12.0 Å². The Balaban J connectivity index is 2.60. The fourth-order valence-corrected chi connectivity index (χ4v) is 2.26. The molecule has 100 valence electrons. The molecule has 1 rings (SSSR count). The van der Waals surface area contributed by atoms with Gasteiger partial charge in [-0.05, 0) is 29.5 Å². The summed E-state index contributed by atoms with van der Waals surface area (Å²) >= 11 is 3.44. The third-order valence-electron chi connectivity index (χ3n) is 2.99. The van der Waals surface area contributed by atoms with E-state index in [0.29, 0.717) is 6.54 Å². The Bertz CT molecular complexity index is 407. The molecule has 1 aromatic carbocycles. The van der Waals surface area contributed by atoms with Crippen molar-refractivity contribution in [2.45, 2.75) is 32.7 Å². The largest absolute Gasteiger partial charge is 0.480 e. The maximum absolute atomic E-state index is 11.1. The van der Waals surface area contributed by atoms with Crippen molar-refractivity contribution >= 4 is 21.9 Å². The van der Waals surface area contributed by atoms with Crippen LogP contribution >= 0.6 is 15.9 Å². The summed E-state index contributed by atoms with van der Waals surface area (Å²) < 4.78 is 1.05. The van der Waals surface area contributed by atoms with Gasteiger partial charge < -0.3 is 10.4 Å². The first kappa shape index (κ1) is 15.2. The Morgan fingerprint density at radius 2 is 2.06 bits per heavy atom. The minimum Gasteiger partial charge on any atom is -0.480 e. The van der Waals surface area contributed by atoms with E-state index in [2.05, 4.69) is 40.3 Å². The summed E-state index contributed by atoms with van der Waals surface area (Å²) in [6.45, 7) is 6.57. The van der Waals surface area contributed by atoms with Crippen LogP contribution in [0.25, 0.3) is 0 Å². The molecule has 2 atom stereocenters. The van der Waals surface area contributed by atoms with Crippen LogP contribution in [0.1, 0.15) is 32.3 Å². The minimum atomic E-state index is -0.786. The van der Waals surface area contributed by atoms with E-state index in [1.807, 2.05) is 26.0 Å². The van der Waals surface area contributed by atoms with E-state index in [0.717, 1.165) is 4.47 Å². The first-order valence-corrected chi connectivity index (χ1v) is 6.92.